The normalized spacial score (nSPS) is 10.4. The van der Waals surface area contributed by atoms with Gasteiger partial charge in [0.2, 0.25) is 0 Å². The van der Waals surface area contributed by atoms with Crippen LogP contribution in [0.1, 0.15) is 13.8 Å². The molecule has 3 nitrogen and oxygen atoms in total. The number of carbonyl (C=O) groups excluding carboxylic acids is 1. The summed E-state index contributed by atoms with van der Waals surface area (Å²) in [5.41, 5.74) is 0.404. The Labute approximate surface area is 109 Å². The van der Waals surface area contributed by atoms with E-state index in [0.29, 0.717) is 16.5 Å². The Balaban J connectivity index is 3.02. The molecule has 0 saturated carbocycles. The molecule has 1 amide bonds. The molecule has 1 aromatic rings. The molecule has 0 aliphatic rings. The third-order valence-electron chi connectivity index (χ3n) is 1.66. The van der Waals surface area contributed by atoms with E-state index in [9.17, 15) is 4.79 Å². The number of hydrogen-bond donors (Lipinski definition) is 0. The van der Waals surface area contributed by atoms with Gasteiger partial charge in [-0.2, -0.15) is 0 Å². The highest BCUT2D eigenvalue weighted by atomic mass is 35.5. The smallest absolute Gasteiger partial charge is 0.335 e. The predicted molar refractivity (Wildman–Crippen MR) is 66.8 cm³/mol. The van der Waals surface area contributed by atoms with Gasteiger partial charge in [-0.05, 0) is 37.6 Å². The fourth-order valence-electron chi connectivity index (χ4n) is 1.06. The minimum Gasteiger partial charge on any atom is -0.489 e. The summed E-state index contributed by atoms with van der Waals surface area (Å²) in [6.07, 6.45) is -0.0248. The van der Waals surface area contributed by atoms with E-state index in [0.717, 1.165) is 4.42 Å². The van der Waals surface area contributed by atoms with Crippen molar-refractivity contribution in [3.05, 3.63) is 23.2 Å². The Morgan fingerprint density at radius 2 is 2.06 bits per heavy atom. The molecule has 6 heteroatoms. The van der Waals surface area contributed by atoms with Crippen molar-refractivity contribution in [2.45, 2.75) is 20.0 Å². The van der Waals surface area contributed by atoms with Crippen molar-refractivity contribution in [3.8, 4) is 5.75 Å². The lowest BCUT2D eigenvalue weighted by Gasteiger charge is -2.15. The zero-order chi connectivity index (χ0) is 12.3. The molecular formula is C10H10Cl3NO2. The van der Waals surface area contributed by atoms with Crippen LogP contribution in [0, 0.1) is 0 Å². The van der Waals surface area contributed by atoms with Crippen molar-refractivity contribution >= 4 is 46.0 Å². The Bertz CT molecular complexity index is 396. The Morgan fingerprint density at radius 1 is 1.44 bits per heavy atom. The number of hydrogen-bond acceptors (Lipinski definition) is 2. The lowest BCUT2D eigenvalue weighted by atomic mass is 10.3. The molecule has 0 aliphatic carbocycles. The van der Waals surface area contributed by atoms with Gasteiger partial charge in [-0.3, -0.25) is 4.79 Å². The number of amides is 1. The number of carbonyl (C=O) groups is 1. The molecule has 0 radical (unpaired) electrons. The van der Waals surface area contributed by atoms with Gasteiger partial charge in [0.05, 0.1) is 16.8 Å². The molecule has 88 valence electrons. The maximum absolute atomic E-state index is 10.8. The first kappa shape index (κ1) is 13.4. The molecule has 0 fully saturated rings. The van der Waals surface area contributed by atoms with E-state index in [4.69, 9.17) is 39.7 Å². The first-order chi connectivity index (χ1) is 7.41. The lowest BCUT2D eigenvalue weighted by molar-refractivity contribution is 0.242. The fraction of sp³-hybridized carbons (Fsp3) is 0.300. The van der Waals surface area contributed by atoms with Crippen molar-refractivity contribution in [2.75, 3.05) is 4.42 Å². The maximum Gasteiger partial charge on any atom is 0.335 e. The highest BCUT2D eigenvalue weighted by Crippen LogP contribution is 2.31. The number of anilines is 1. The van der Waals surface area contributed by atoms with Gasteiger partial charge in [-0.15, -0.1) is 0 Å². The molecule has 1 rings (SSSR count). The van der Waals surface area contributed by atoms with Gasteiger partial charge in [0.1, 0.15) is 5.75 Å². The molecule has 0 unspecified atom stereocenters. The summed E-state index contributed by atoms with van der Waals surface area (Å²) in [6.45, 7) is 3.74. The van der Waals surface area contributed by atoms with Crippen LogP contribution in [0.3, 0.4) is 0 Å². The Kier molecular flexibility index (Phi) is 4.71. The standard InChI is InChI=1S/C10H10Cl3NO2/c1-6(2)16-9-5-7(3-4-8(9)11)14(13)10(12)15/h3-6H,1-2H3. The SMILES string of the molecule is CC(C)Oc1cc(N(Cl)C(=O)Cl)ccc1Cl. The van der Waals surface area contributed by atoms with Crippen molar-refractivity contribution in [1.82, 2.24) is 0 Å². The van der Waals surface area contributed by atoms with E-state index < -0.39 is 5.37 Å². The minimum atomic E-state index is -0.792. The van der Waals surface area contributed by atoms with E-state index in [1.165, 1.54) is 0 Å². The zero-order valence-corrected chi connectivity index (χ0v) is 11.0. The minimum absolute atomic E-state index is 0.0248. The van der Waals surface area contributed by atoms with E-state index in [-0.39, 0.29) is 6.10 Å². The number of halogens is 3. The number of rotatable bonds is 3. The third-order valence-corrected chi connectivity index (χ3v) is 2.57. The molecule has 0 bridgehead atoms. The van der Waals surface area contributed by atoms with Crippen LogP contribution >= 0.6 is 35.0 Å². The van der Waals surface area contributed by atoms with Crippen LogP contribution < -0.4 is 9.16 Å². The lowest BCUT2D eigenvalue weighted by Crippen LogP contribution is -2.13. The predicted octanol–water partition coefficient (Wildman–Crippen LogP) is 4.45. The van der Waals surface area contributed by atoms with E-state index in [1.54, 1.807) is 18.2 Å². The molecule has 0 saturated heterocycles. The summed E-state index contributed by atoms with van der Waals surface area (Å²) in [4.78, 5) is 10.8. The molecule has 0 spiro atoms. The average Bonchev–Trinajstić information content (AvgIpc) is 2.19. The van der Waals surface area contributed by atoms with Crippen molar-refractivity contribution in [2.24, 2.45) is 0 Å². The van der Waals surface area contributed by atoms with Gasteiger partial charge < -0.3 is 4.74 Å². The summed E-state index contributed by atoms with van der Waals surface area (Å²) in [5.74, 6) is 0.456. The Hall–Kier alpha value is -0.640. The average molecular weight is 283 g/mol. The molecule has 0 atom stereocenters. The van der Waals surface area contributed by atoms with Crippen molar-refractivity contribution < 1.29 is 9.53 Å². The summed E-state index contributed by atoms with van der Waals surface area (Å²) < 4.78 is 6.23. The topological polar surface area (TPSA) is 29.5 Å². The monoisotopic (exact) mass is 281 g/mol. The summed E-state index contributed by atoms with van der Waals surface area (Å²) in [7, 11) is 0. The number of nitrogens with zero attached hydrogens (tertiary/aromatic N) is 1. The second kappa shape index (κ2) is 5.62. The molecule has 0 aromatic heterocycles. The second-order valence-corrected chi connectivity index (χ2v) is 4.38. The highest BCUT2D eigenvalue weighted by Gasteiger charge is 2.13. The van der Waals surface area contributed by atoms with Gasteiger partial charge in [0.25, 0.3) is 0 Å². The maximum atomic E-state index is 10.8. The zero-order valence-electron chi connectivity index (χ0n) is 8.71. The molecule has 0 aliphatic heterocycles. The molecule has 0 N–H and O–H groups in total. The van der Waals surface area contributed by atoms with Crippen LogP contribution in [0.15, 0.2) is 18.2 Å². The van der Waals surface area contributed by atoms with Crippen LogP contribution in [-0.4, -0.2) is 11.5 Å². The highest BCUT2D eigenvalue weighted by molar-refractivity contribution is 6.71. The van der Waals surface area contributed by atoms with Crippen LogP contribution in [0.5, 0.6) is 5.75 Å². The third kappa shape index (κ3) is 3.44. The van der Waals surface area contributed by atoms with Gasteiger partial charge in [-0.25, -0.2) is 4.42 Å². The van der Waals surface area contributed by atoms with Gasteiger partial charge in [0, 0.05) is 17.8 Å². The van der Waals surface area contributed by atoms with E-state index in [1.807, 2.05) is 13.8 Å². The molecular weight excluding hydrogens is 272 g/mol. The first-order valence-electron chi connectivity index (χ1n) is 4.53. The van der Waals surface area contributed by atoms with Crippen LogP contribution in [0.4, 0.5) is 10.5 Å². The summed E-state index contributed by atoms with van der Waals surface area (Å²) >= 11 is 16.8. The van der Waals surface area contributed by atoms with Crippen LogP contribution in [0.2, 0.25) is 5.02 Å². The van der Waals surface area contributed by atoms with Gasteiger partial charge in [0.15, 0.2) is 0 Å². The first-order valence-corrected chi connectivity index (χ1v) is 5.62. The van der Waals surface area contributed by atoms with Gasteiger partial charge >= 0.3 is 5.37 Å². The quantitative estimate of drug-likeness (QED) is 0.466. The fourth-order valence-corrected chi connectivity index (χ4v) is 1.42. The largest absolute Gasteiger partial charge is 0.489 e. The molecule has 1 aromatic carbocycles. The number of benzene rings is 1. The van der Waals surface area contributed by atoms with Crippen molar-refractivity contribution in [1.29, 1.82) is 0 Å². The van der Waals surface area contributed by atoms with E-state index >= 15 is 0 Å². The van der Waals surface area contributed by atoms with E-state index in [2.05, 4.69) is 0 Å². The van der Waals surface area contributed by atoms with Crippen LogP contribution in [-0.2, 0) is 0 Å². The Morgan fingerprint density at radius 3 is 2.56 bits per heavy atom. The molecule has 16 heavy (non-hydrogen) atoms. The molecule has 0 heterocycles. The second-order valence-electron chi connectivity index (χ2n) is 3.32. The summed E-state index contributed by atoms with van der Waals surface area (Å²) in [6, 6.07) is 4.71. The van der Waals surface area contributed by atoms with Crippen LogP contribution in [0.25, 0.3) is 0 Å². The van der Waals surface area contributed by atoms with Crippen molar-refractivity contribution in [3.63, 3.8) is 0 Å². The number of ether oxygens (including phenoxy) is 1. The summed E-state index contributed by atoms with van der Waals surface area (Å²) in [5, 5.41) is -0.343. The van der Waals surface area contributed by atoms with Gasteiger partial charge in [-0.1, -0.05) is 11.6 Å².